The molecule has 1 atom stereocenters. The zero-order chi connectivity index (χ0) is 28.6. The number of aromatic nitrogens is 4. The van der Waals surface area contributed by atoms with Crippen LogP contribution in [0, 0.1) is 5.92 Å². The van der Waals surface area contributed by atoms with Crippen molar-refractivity contribution in [2.24, 2.45) is 5.92 Å². The van der Waals surface area contributed by atoms with Gasteiger partial charge in [-0.05, 0) is 94.4 Å². The Hall–Kier alpha value is -3.25. The van der Waals surface area contributed by atoms with Gasteiger partial charge in [-0.15, -0.1) is 0 Å². The van der Waals surface area contributed by atoms with Crippen LogP contribution < -0.4 is 4.90 Å². The Morgan fingerprint density at radius 1 is 0.854 bits per heavy atom. The maximum absolute atomic E-state index is 4.81. The summed E-state index contributed by atoms with van der Waals surface area (Å²) in [5.41, 5.74) is 7.81. The molecule has 218 valence electrons. The lowest BCUT2D eigenvalue weighted by atomic mass is 10.0. The summed E-state index contributed by atoms with van der Waals surface area (Å²) < 4.78 is 1.91. The van der Waals surface area contributed by atoms with Crippen molar-refractivity contribution >= 4 is 28.3 Å². The number of nitrogens with zero attached hydrogens (tertiary/aromatic N) is 6. The second-order valence-corrected chi connectivity index (χ2v) is 12.4. The van der Waals surface area contributed by atoms with Crippen molar-refractivity contribution in [3.8, 4) is 11.1 Å². The van der Waals surface area contributed by atoms with Crippen molar-refractivity contribution in [2.75, 3.05) is 39.1 Å². The second kappa shape index (κ2) is 14.1. The predicted molar refractivity (Wildman–Crippen MR) is 173 cm³/mol. The fourth-order valence-electron chi connectivity index (χ4n) is 6.14. The van der Waals surface area contributed by atoms with E-state index in [9.17, 15) is 0 Å². The number of hydrogen-bond donors (Lipinski definition) is 0. The number of pyridine rings is 1. The third kappa shape index (κ3) is 7.73. The van der Waals surface area contributed by atoms with Gasteiger partial charge in [0.1, 0.15) is 0 Å². The molecule has 0 radical (unpaired) electrons. The van der Waals surface area contributed by atoms with Crippen molar-refractivity contribution in [3.63, 3.8) is 0 Å². The SMILES string of the molecule is CC1CCCC(=Cc2cnc3c(-c4ccnc5ccc(N(C)C)cc45)cnn3c2)CC1.CN1CCCCCCCC1. The van der Waals surface area contributed by atoms with Crippen LogP contribution in [0.2, 0.25) is 0 Å². The van der Waals surface area contributed by atoms with E-state index in [4.69, 9.17) is 4.98 Å². The highest BCUT2D eigenvalue weighted by Crippen LogP contribution is 2.32. The van der Waals surface area contributed by atoms with Gasteiger partial charge in [0.25, 0.3) is 0 Å². The van der Waals surface area contributed by atoms with Crippen LogP contribution in [-0.2, 0) is 0 Å². The van der Waals surface area contributed by atoms with Crippen LogP contribution in [0.15, 0.2) is 54.6 Å². The molecule has 1 aliphatic carbocycles. The summed E-state index contributed by atoms with van der Waals surface area (Å²) in [6.45, 7) is 5.01. The van der Waals surface area contributed by atoms with Gasteiger partial charge >= 0.3 is 0 Å². The molecule has 6 rings (SSSR count). The number of hydrogen-bond acceptors (Lipinski definition) is 5. The lowest BCUT2D eigenvalue weighted by molar-refractivity contribution is 0.327. The zero-order valence-corrected chi connectivity index (χ0v) is 25.6. The van der Waals surface area contributed by atoms with Crippen molar-refractivity contribution < 1.29 is 0 Å². The summed E-state index contributed by atoms with van der Waals surface area (Å²) in [5, 5.41) is 5.75. The van der Waals surface area contributed by atoms with Gasteiger partial charge in [0.15, 0.2) is 5.65 Å². The standard InChI is InChI=1S/C26H29N5.C9H19N/c1-18-5-4-6-19(8-7-18)13-20-15-28-26-24(16-29-31(26)17-20)22-11-12-27-25-10-9-21(30(2)3)14-23(22)25;1-10-8-6-4-2-3-5-7-9-10/h9-18H,4-8H2,1-3H3;2-9H2,1H3. The van der Waals surface area contributed by atoms with Gasteiger partial charge < -0.3 is 9.80 Å². The average molecular weight is 553 g/mol. The van der Waals surface area contributed by atoms with Crippen molar-refractivity contribution in [1.29, 1.82) is 0 Å². The van der Waals surface area contributed by atoms with E-state index < -0.39 is 0 Å². The van der Waals surface area contributed by atoms with Crippen LogP contribution in [0.25, 0.3) is 33.8 Å². The van der Waals surface area contributed by atoms with Crippen LogP contribution in [0.4, 0.5) is 5.69 Å². The molecule has 1 saturated carbocycles. The summed E-state index contributed by atoms with van der Waals surface area (Å²) in [7, 11) is 6.35. The molecular formula is C35H48N6. The first-order chi connectivity index (χ1) is 20.0. The number of fused-ring (bicyclic) bond motifs is 2. The predicted octanol–water partition coefficient (Wildman–Crippen LogP) is 8.27. The molecule has 1 unspecified atom stereocenters. The van der Waals surface area contributed by atoms with Gasteiger partial charge in [-0.2, -0.15) is 5.10 Å². The van der Waals surface area contributed by atoms with Crippen LogP contribution in [0.3, 0.4) is 0 Å². The van der Waals surface area contributed by atoms with Gasteiger partial charge in [-0.1, -0.05) is 50.7 Å². The Morgan fingerprint density at radius 2 is 1.63 bits per heavy atom. The Balaban J connectivity index is 0.000000287. The molecule has 0 bridgehead atoms. The van der Waals surface area contributed by atoms with Crippen molar-refractivity contribution in [3.05, 3.63) is 60.2 Å². The highest BCUT2D eigenvalue weighted by Gasteiger charge is 2.14. The summed E-state index contributed by atoms with van der Waals surface area (Å²) >= 11 is 0. The fourth-order valence-corrected chi connectivity index (χ4v) is 6.14. The van der Waals surface area contributed by atoms with Gasteiger partial charge in [0, 0.05) is 54.9 Å². The third-order valence-corrected chi connectivity index (χ3v) is 8.76. The van der Waals surface area contributed by atoms with E-state index in [2.05, 4.69) is 84.5 Å². The molecule has 1 saturated heterocycles. The van der Waals surface area contributed by atoms with Gasteiger partial charge in [0.2, 0.25) is 0 Å². The largest absolute Gasteiger partial charge is 0.378 e. The van der Waals surface area contributed by atoms with Crippen LogP contribution in [0.5, 0.6) is 0 Å². The van der Waals surface area contributed by atoms with Crippen LogP contribution in [0.1, 0.15) is 83.1 Å². The fraction of sp³-hybridized carbons (Fsp3) is 0.514. The molecule has 6 nitrogen and oxygen atoms in total. The first-order valence-electron chi connectivity index (χ1n) is 15.8. The highest BCUT2D eigenvalue weighted by molar-refractivity contribution is 5.99. The van der Waals surface area contributed by atoms with E-state index in [0.29, 0.717) is 0 Å². The Bertz CT molecular complexity index is 1440. The first-order valence-corrected chi connectivity index (χ1v) is 15.8. The van der Waals surface area contributed by atoms with Crippen molar-refractivity contribution in [2.45, 2.75) is 77.6 Å². The van der Waals surface area contributed by atoms with Crippen molar-refractivity contribution in [1.82, 2.24) is 24.5 Å². The van der Waals surface area contributed by atoms with Gasteiger partial charge in [-0.25, -0.2) is 9.50 Å². The number of allylic oxidation sites excluding steroid dienone is 1. The second-order valence-electron chi connectivity index (χ2n) is 12.4. The molecule has 4 heterocycles. The summed E-state index contributed by atoms with van der Waals surface area (Å²) in [6, 6.07) is 8.42. The van der Waals surface area contributed by atoms with E-state index >= 15 is 0 Å². The molecule has 2 aliphatic rings. The smallest absolute Gasteiger partial charge is 0.162 e. The van der Waals surface area contributed by atoms with E-state index in [1.165, 1.54) is 89.3 Å². The zero-order valence-electron chi connectivity index (χ0n) is 25.6. The van der Waals surface area contributed by atoms with E-state index in [1.807, 2.05) is 23.1 Å². The minimum atomic E-state index is 0.836. The molecule has 1 aliphatic heterocycles. The molecule has 6 heteroatoms. The van der Waals surface area contributed by atoms with Gasteiger partial charge in [-0.3, -0.25) is 4.98 Å². The monoisotopic (exact) mass is 552 g/mol. The highest BCUT2D eigenvalue weighted by atomic mass is 15.2. The third-order valence-electron chi connectivity index (χ3n) is 8.76. The normalized spacial score (nSPS) is 20.1. The quantitative estimate of drug-likeness (QED) is 0.239. The molecule has 0 N–H and O–H groups in total. The molecule has 0 amide bonds. The lowest BCUT2D eigenvalue weighted by Crippen LogP contribution is -2.20. The molecule has 3 aromatic heterocycles. The molecule has 4 aromatic rings. The first kappa shape index (κ1) is 29.2. The molecule has 2 fully saturated rings. The van der Waals surface area contributed by atoms with E-state index in [-0.39, 0.29) is 0 Å². The number of rotatable bonds is 3. The summed E-state index contributed by atoms with van der Waals surface area (Å²) in [5.74, 6) is 0.836. The topological polar surface area (TPSA) is 49.6 Å². The Morgan fingerprint density at radius 3 is 2.41 bits per heavy atom. The Kier molecular flexibility index (Phi) is 10.0. The maximum Gasteiger partial charge on any atom is 0.162 e. The molecule has 0 spiro atoms. The summed E-state index contributed by atoms with van der Waals surface area (Å²) in [4.78, 5) is 13.9. The number of anilines is 1. The number of benzene rings is 1. The maximum atomic E-state index is 4.81. The minimum Gasteiger partial charge on any atom is -0.378 e. The van der Waals surface area contributed by atoms with Crippen LogP contribution >= 0.6 is 0 Å². The summed E-state index contributed by atoms with van der Waals surface area (Å²) in [6.07, 6.45) is 25.2. The molecule has 1 aromatic carbocycles. The Labute approximate surface area is 246 Å². The van der Waals surface area contributed by atoms with Gasteiger partial charge in [0.05, 0.1) is 11.7 Å². The molecule has 41 heavy (non-hydrogen) atoms. The minimum absolute atomic E-state index is 0.836. The van der Waals surface area contributed by atoms with E-state index in [1.54, 1.807) is 0 Å². The van der Waals surface area contributed by atoms with Crippen LogP contribution in [-0.4, -0.2) is 58.7 Å². The molecular weight excluding hydrogens is 504 g/mol. The lowest BCUT2D eigenvalue weighted by Gasteiger charge is -2.14. The van der Waals surface area contributed by atoms with E-state index in [0.717, 1.165) is 44.8 Å². The average Bonchev–Trinajstić information content (AvgIpc) is 3.34.